The Balaban J connectivity index is 2.04. The minimum Gasteiger partial charge on any atom is -0.409 e. The van der Waals surface area contributed by atoms with Crippen LogP contribution in [-0.4, -0.2) is 24.1 Å². The zero-order valence-electron chi connectivity index (χ0n) is 8.16. The Kier molecular flexibility index (Phi) is 4.02. The van der Waals surface area contributed by atoms with Crippen molar-refractivity contribution in [3.63, 3.8) is 0 Å². The van der Waals surface area contributed by atoms with Gasteiger partial charge in [0.1, 0.15) is 5.84 Å². The normalized spacial score (nSPS) is 21.2. The van der Waals surface area contributed by atoms with Crippen molar-refractivity contribution in [2.24, 2.45) is 22.7 Å². The second kappa shape index (κ2) is 5.07. The molecule has 0 spiro atoms. The molecule has 4 N–H and O–H groups in total. The van der Waals surface area contributed by atoms with Crippen LogP contribution in [0, 0.1) is 11.8 Å². The number of amidine groups is 1. The van der Waals surface area contributed by atoms with Crippen LogP contribution in [0.15, 0.2) is 5.16 Å². The van der Waals surface area contributed by atoms with Gasteiger partial charge >= 0.3 is 0 Å². The molecule has 1 atom stereocenters. The summed E-state index contributed by atoms with van der Waals surface area (Å²) < 4.78 is 0. The highest BCUT2D eigenvalue weighted by Gasteiger charge is 2.17. The Hall–Kier alpha value is -0.770. The highest BCUT2D eigenvalue weighted by atomic mass is 16.4. The molecule has 1 aliphatic rings. The molecule has 0 aromatic carbocycles. The largest absolute Gasteiger partial charge is 0.409 e. The zero-order chi connectivity index (χ0) is 9.68. The van der Waals surface area contributed by atoms with Crippen LogP contribution < -0.4 is 11.1 Å². The predicted octanol–water partition coefficient (Wildman–Crippen LogP) is 0.759. The Morgan fingerprint density at radius 1 is 1.69 bits per heavy atom. The molecule has 0 bridgehead atoms. The average molecular weight is 185 g/mol. The van der Waals surface area contributed by atoms with Crippen LogP contribution in [0.1, 0.15) is 26.2 Å². The molecule has 4 heteroatoms. The van der Waals surface area contributed by atoms with E-state index in [2.05, 4.69) is 10.5 Å². The lowest BCUT2D eigenvalue weighted by atomic mass is 9.85. The third-order valence-electron chi connectivity index (χ3n) is 2.73. The van der Waals surface area contributed by atoms with Crippen molar-refractivity contribution in [2.45, 2.75) is 26.2 Å². The number of nitrogens with one attached hydrogen (secondary N) is 1. The van der Waals surface area contributed by atoms with Gasteiger partial charge in [0, 0.05) is 12.5 Å². The van der Waals surface area contributed by atoms with E-state index in [1.165, 1.54) is 19.3 Å². The Morgan fingerprint density at radius 2 is 2.38 bits per heavy atom. The summed E-state index contributed by atoms with van der Waals surface area (Å²) in [5, 5.41) is 14.7. The number of nitrogens with two attached hydrogens (primary N) is 1. The molecule has 1 saturated carbocycles. The molecule has 0 radical (unpaired) electrons. The summed E-state index contributed by atoms with van der Waals surface area (Å²) >= 11 is 0. The summed E-state index contributed by atoms with van der Waals surface area (Å²) in [6.45, 7) is 3.82. The fraction of sp³-hybridized carbons (Fsp3) is 0.889. The zero-order valence-corrected chi connectivity index (χ0v) is 8.16. The molecule has 1 fully saturated rings. The minimum atomic E-state index is 0.116. The van der Waals surface area contributed by atoms with E-state index in [0.717, 1.165) is 19.0 Å². The van der Waals surface area contributed by atoms with E-state index >= 15 is 0 Å². The van der Waals surface area contributed by atoms with E-state index in [9.17, 15) is 0 Å². The van der Waals surface area contributed by atoms with Gasteiger partial charge in [-0.05, 0) is 25.3 Å². The lowest BCUT2D eigenvalue weighted by Crippen LogP contribution is -2.35. The highest BCUT2D eigenvalue weighted by Crippen LogP contribution is 2.25. The van der Waals surface area contributed by atoms with Gasteiger partial charge in [0.25, 0.3) is 0 Å². The Labute approximate surface area is 79.2 Å². The standard InChI is InChI=1S/C9H19N3O/c1-7(9(10)12-13)5-11-6-8-3-2-4-8/h7-8,11,13H,2-6H2,1H3,(H2,10,12). The summed E-state index contributed by atoms with van der Waals surface area (Å²) in [6, 6.07) is 0. The molecule has 0 aromatic heterocycles. The summed E-state index contributed by atoms with van der Waals surface area (Å²) in [4.78, 5) is 0. The average Bonchev–Trinajstić information content (AvgIpc) is 2.07. The molecule has 0 aliphatic heterocycles. The van der Waals surface area contributed by atoms with Crippen molar-refractivity contribution in [1.82, 2.24) is 5.32 Å². The Bertz CT molecular complexity index is 178. The predicted molar refractivity (Wildman–Crippen MR) is 52.8 cm³/mol. The van der Waals surface area contributed by atoms with Crippen molar-refractivity contribution < 1.29 is 5.21 Å². The van der Waals surface area contributed by atoms with Crippen LogP contribution in [0.4, 0.5) is 0 Å². The summed E-state index contributed by atoms with van der Waals surface area (Å²) in [6.07, 6.45) is 4.08. The monoisotopic (exact) mass is 185 g/mol. The molecule has 0 saturated heterocycles. The van der Waals surface area contributed by atoms with Gasteiger partial charge in [-0.15, -0.1) is 0 Å². The van der Waals surface area contributed by atoms with Crippen LogP contribution in [0.25, 0.3) is 0 Å². The smallest absolute Gasteiger partial charge is 0.143 e. The third-order valence-corrected chi connectivity index (χ3v) is 2.73. The van der Waals surface area contributed by atoms with Crippen molar-refractivity contribution in [2.75, 3.05) is 13.1 Å². The molecule has 76 valence electrons. The van der Waals surface area contributed by atoms with E-state index in [1.54, 1.807) is 0 Å². The van der Waals surface area contributed by atoms with Crippen molar-refractivity contribution >= 4 is 5.84 Å². The molecule has 1 rings (SSSR count). The minimum absolute atomic E-state index is 0.116. The van der Waals surface area contributed by atoms with Gasteiger partial charge in [-0.3, -0.25) is 0 Å². The Morgan fingerprint density at radius 3 is 2.85 bits per heavy atom. The lowest BCUT2D eigenvalue weighted by Gasteiger charge is -2.26. The first-order chi connectivity index (χ1) is 6.24. The molecule has 0 heterocycles. The van der Waals surface area contributed by atoms with E-state index in [-0.39, 0.29) is 5.92 Å². The maximum absolute atomic E-state index is 8.41. The molecule has 0 amide bonds. The van der Waals surface area contributed by atoms with Gasteiger partial charge in [-0.1, -0.05) is 18.5 Å². The fourth-order valence-corrected chi connectivity index (χ4v) is 1.40. The molecule has 4 nitrogen and oxygen atoms in total. The second-order valence-corrected chi connectivity index (χ2v) is 3.88. The van der Waals surface area contributed by atoms with Crippen molar-refractivity contribution in [3.05, 3.63) is 0 Å². The van der Waals surface area contributed by atoms with Crippen LogP contribution in [0.5, 0.6) is 0 Å². The van der Waals surface area contributed by atoms with Crippen LogP contribution in [0.3, 0.4) is 0 Å². The van der Waals surface area contributed by atoms with Crippen LogP contribution in [-0.2, 0) is 0 Å². The maximum atomic E-state index is 8.41. The lowest BCUT2D eigenvalue weighted by molar-refractivity contribution is 0.297. The number of oxime groups is 1. The van der Waals surface area contributed by atoms with Crippen molar-refractivity contribution in [3.8, 4) is 0 Å². The summed E-state index contributed by atoms with van der Waals surface area (Å²) in [5.41, 5.74) is 5.44. The molecule has 0 aromatic rings. The fourth-order valence-electron chi connectivity index (χ4n) is 1.40. The maximum Gasteiger partial charge on any atom is 0.143 e. The number of hydrogen-bond donors (Lipinski definition) is 3. The molecular weight excluding hydrogens is 166 g/mol. The first-order valence-corrected chi connectivity index (χ1v) is 4.92. The molecule has 13 heavy (non-hydrogen) atoms. The first kappa shape index (κ1) is 10.3. The SMILES string of the molecule is CC(CNCC1CCC1)C(N)=NO. The van der Waals surface area contributed by atoms with Gasteiger partial charge in [-0.25, -0.2) is 0 Å². The molecule has 1 aliphatic carbocycles. The number of rotatable bonds is 5. The van der Waals surface area contributed by atoms with Gasteiger partial charge < -0.3 is 16.3 Å². The van der Waals surface area contributed by atoms with E-state index in [1.807, 2.05) is 6.92 Å². The molecular formula is C9H19N3O. The topological polar surface area (TPSA) is 70.6 Å². The van der Waals surface area contributed by atoms with E-state index in [4.69, 9.17) is 10.9 Å². The van der Waals surface area contributed by atoms with Gasteiger partial charge in [0.05, 0.1) is 0 Å². The summed E-state index contributed by atoms with van der Waals surface area (Å²) in [7, 11) is 0. The molecule has 1 unspecified atom stereocenters. The van der Waals surface area contributed by atoms with Gasteiger partial charge in [0.15, 0.2) is 0 Å². The quantitative estimate of drug-likeness (QED) is 0.256. The van der Waals surface area contributed by atoms with Crippen LogP contribution in [0.2, 0.25) is 0 Å². The second-order valence-electron chi connectivity index (χ2n) is 3.88. The van der Waals surface area contributed by atoms with E-state index < -0.39 is 0 Å². The highest BCUT2D eigenvalue weighted by molar-refractivity contribution is 5.82. The number of hydrogen-bond acceptors (Lipinski definition) is 3. The number of nitrogens with zero attached hydrogens (tertiary/aromatic N) is 1. The van der Waals surface area contributed by atoms with Crippen LogP contribution >= 0.6 is 0 Å². The third kappa shape index (κ3) is 3.22. The first-order valence-electron chi connectivity index (χ1n) is 4.92. The van der Waals surface area contributed by atoms with Gasteiger partial charge in [-0.2, -0.15) is 0 Å². The van der Waals surface area contributed by atoms with Crippen molar-refractivity contribution in [1.29, 1.82) is 0 Å². The van der Waals surface area contributed by atoms with Gasteiger partial charge in [0.2, 0.25) is 0 Å². The van der Waals surface area contributed by atoms with E-state index in [0.29, 0.717) is 5.84 Å². The summed E-state index contributed by atoms with van der Waals surface area (Å²) in [5.74, 6) is 1.28.